The largest absolute Gasteiger partial charge is 0.399 e. The predicted octanol–water partition coefficient (Wildman–Crippen LogP) is 5.47. The lowest BCUT2D eigenvalue weighted by Gasteiger charge is -2.32. The van der Waals surface area contributed by atoms with E-state index in [1.165, 1.54) is 12.3 Å². The molecule has 3 heterocycles. The minimum atomic E-state index is -4.34. The zero-order valence-electron chi connectivity index (χ0n) is 20.5. The second-order valence-corrected chi connectivity index (χ2v) is 9.96. The summed E-state index contributed by atoms with van der Waals surface area (Å²) in [5.74, 6) is -0.0342. The number of halogens is 3. The number of alkyl halides is 3. The molecular weight excluding hydrogens is 455 g/mol. The fraction of sp³-hybridized carbons (Fsp3) is 0.500. The molecule has 2 aliphatic rings. The maximum absolute atomic E-state index is 13.7. The van der Waals surface area contributed by atoms with Gasteiger partial charge < -0.3 is 15.3 Å². The van der Waals surface area contributed by atoms with E-state index in [9.17, 15) is 18.3 Å². The SMILES string of the molecule is CC(C)c1nc2c(c(Nc3ccc(C(C)(C)O)cc3)n1)CCN(C1=NC=CCC1C(F)(F)F)CC2. The average molecular weight is 488 g/mol. The molecule has 0 saturated heterocycles. The third kappa shape index (κ3) is 5.66. The molecule has 0 bridgehead atoms. The smallest absolute Gasteiger partial charge is 0.386 e. The maximum Gasteiger partial charge on any atom is 0.399 e. The standard InChI is InChI=1S/C26H32F3N5O/c1-16(2)22-32-21-12-15-34(24-20(26(27,28)29)6-5-13-30-24)14-11-19(21)23(33-22)31-18-9-7-17(8-10-18)25(3,4)35/h5,7-10,13,16,20,35H,6,11-12,14-15H2,1-4H3,(H,31,32,33). The first-order valence-electron chi connectivity index (χ1n) is 12.0. The summed E-state index contributed by atoms with van der Waals surface area (Å²) in [6.45, 7) is 8.32. The van der Waals surface area contributed by atoms with E-state index in [-0.39, 0.29) is 18.2 Å². The number of hydrogen-bond donors (Lipinski definition) is 2. The van der Waals surface area contributed by atoms with E-state index >= 15 is 0 Å². The number of anilines is 2. The van der Waals surface area contributed by atoms with Gasteiger partial charge in [0.05, 0.1) is 11.3 Å². The van der Waals surface area contributed by atoms with E-state index in [1.807, 2.05) is 38.1 Å². The monoisotopic (exact) mass is 487 g/mol. The summed E-state index contributed by atoms with van der Waals surface area (Å²) in [5, 5.41) is 13.6. The van der Waals surface area contributed by atoms with E-state index in [0.717, 1.165) is 22.5 Å². The van der Waals surface area contributed by atoms with Gasteiger partial charge >= 0.3 is 6.18 Å². The molecule has 35 heavy (non-hydrogen) atoms. The van der Waals surface area contributed by atoms with E-state index in [4.69, 9.17) is 9.97 Å². The summed E-state index contributed by atoms with van der Waals surface area (Å²) < 4.78 is 41.0. The van der Waals surface area contributed by atoms with Gasteiger partial charge in [-0.3, -0.25) is 0 Å². The summed E-state index contributed by atoms with van der Waals surface area (Å²) in [6.07, 6.45) is -0.468. The molecule has 0 radical (unpaired) electrons. The molecule has 188 valence electrons. The number of allylic oxidation sites excluding steroid dienone is 1. The van der Waals surface area contributed by atoms with Crippen LogP contribution in [0.25, 0.3) is 0 Å². The first-order valence-corrected chi connectivity index (χ1v) is 12.0. The van der Waals surface area contributed by atoms with Crippen LogP contribution < -0.4 is 5.32 Å². The molecule has 2 N–H and O–H groups in total. The second kappa shape index (κ2) is 9.60. The fourth-order valence-corrected chi connectivity index (χ4v) is 4.41. The van der Waals surface area contributed by atoms with Crippen LogP contribution in [0.15, 0.2) is 41.5 Å². The molecule has 9 heteroatoms. The van der Waals surface area contributed by atoms with Crippen LogP contribution in [-0.2, 0) is 18.4 Å². The van der Waals surface area contributed by atoms with Crippen molar-refractivity contribution in [2.45, 2.75) is 64.7 Å². The van der Waals surface area contributed by atoms with Gasteiger partial charge in [0.15, 0.2) is 0 Å². The van der Waals surface area contributed by atoms with Crippen LogP contribution in [0.4, 0.5) is 24.7 Å². The Morgan fingerprint density at radius 2 is 1.74 bits per heavy atom. The number of fused-ring (bicyclic) bond motifs is 1. The molecule has 1 aromatic heterocycles. The summed E-state index contributed by atoms with van der Waals surface area (Å²) in [6, 6.07) is 7.49. The lowest BCUT2D eigenvalue weighted by atomic mass is 9.98. The van der Waals surface area contributed by atoms with Gasteiger partial charge in [0.25, 0.3) is 0 Å². The molecular formula is C26H32F3N5O. The van der Waals surface area contributed by atoms with Crippen LogP contribution >= 0.6 is 0 Å². The number of rotatable bonds is 4. The molecule has 1 unspecified atom stereocenters. The van der Waals surface area contributed by atoms with E-state index < -0.39 is 17.7 Å². The Kier molecular flexibility index (Phi) is 6.90. The highest BCUT2D eigenvalue weighted by Gasteiger charge is 2.45. The highest BCUT2D eigenvalue weighted by molar-refractivity contribution is 5.87. The summed E-state index contributed by atoms with van der Waals surface area (Å²) in [4.78, 5) is 15.4. The van der Waals surface area contributed by atoms with Crippen LogP contribution in [0, 0.1) is 5.92 Å². The summed E-state index contributed by atoms with van der Waals surface area (Å²) in [5.41, 5.74) is 2.44. The molecule has 0 saturated carbocycles. The van der Waals surface area contributed by atoms with Crippen LogP contribution in [0.2, 0.25) is 0 Å². The Bertz CT molecular complexity index is 1120. The number of benzene rings is 1. The third-order valence-corrected chi connectivity index (χ3v) is 6.45. The number of aromatic nitrogens is 2. The zero-order valence-corrected chi connectivity index (χ0v) is 20.5. The van der Waals surface area contributed by atoms with Crippen LogP contribution in [0.5, 0.6) is 0 Å². The topological polar surface area (TPSA) is 73.6 Å². The van der Waals surface area contributed by atoms with E-state index in [2.05, 4.69) is 10.3 Å². The van der Waals surface area contributed by atoms with Gasteiger partial charge in [-0.05, 0) is 44.4 Å². The average Bonchev–Trinajstić information content (AvgIpc) is 3.01. The van der Waals surface area contributed by atoms with Crippen LogP contribution in [0.1, 0.15) is 62.7 Å². The first-order chi connectivity index (χ1) is 16.4. The number of hydrogen-bond acceptors (Lipinski definition) is 6. The van der Waals surface area contributed by atoms with E-state index in [1.54, 1.807) is 18.7 Å². The third-order valence-electron chi connectivity index (χ3n) is 6.45. The molecule has 1 aromatic carbocycles. The van der Waals surface area contributed by atoms with Gasteiger partial charge in [0.1, 0.15) is 23.4 Å². The first kappa shape index (κ1) is 25.2. The Balaban J connectivity index is 1.63. The van der Waals surface area contributed by atoms with Crippen molar-refractivity contribution >= 4 is 17.3 Å². The van der Waals surface area contributed by atoms with Gasteiger partial charge in [-0.25, -0.2) is 15.0 Å². The Morgan fingerprint density at radius 3 is 2.37 bits per heavy atom. The highest BCUT2D eigenvalue weighted by Crippen LogP contribution is 2.35. The molecule has 0 spiro atoms. The number of nitrogens with zero attached hydrogens (tertiary/aromatic N) is 4. The van der Waals surface area contributed by atoms with Crippen molar-refractivity contribution in [3.63, 3.8) is 0 Å². The minimum Gasteiger partial charge on any atom is -0.386 e. The zero-order chi connectivity index (χ0) is 25.4. The van der Waals surface area contributed by atoms with Gasteiger partial charge in [0.2, 0.25) is 0 Å². The fourth-order valence-electron chi connectivity index (χ4n) is 4.41. The molecule has 2 aliphatic heterocycles. The lowest BCUT2D eigenvalue weighted by molar-refractivity contribution is -0.156. The van der Waals surface area contributed by atoms with E-state index in [0.29, 0.717) is 37.6 Å². The summed E-state index contributed by atoms with van der Waals surface area (Å²) >= 11 is 0. The molecule has 4 rings (SSSR count). The van der Waals surface area contributed by atoms with Crippen LogP contribution in [0.3, 0.4) is 0 Å². The van der Waals surface area contributed by atoms with Crippen molar-refractivity contribution in [2.24, 2.45) is 10.9 Å². The lowest BCUT2D eigenvalue weighted by Crippen LogP contribution is -2.44. The van der Waals surface area contributed by atoms with Crippen molar-refractivity contribution in [1.82, 2.24) is 14.9 Å². The number of aliphatic imine (C=N–C) groups is 1. The quantitative estimate of drug-likeness (QED) is 0.599. The van der Waals surface area contributed by atoms with Crippen molar-refractivity contribution in [3.8, 4) is 0 Å². The predicted molar refractivity (Wildman–Crippen MR) is 131 cm³/mol. The van der Waals surface area contributed by atoms with Gasteiger partial charge in [-0.2, -0.15) is 13.2 Å². The molecule has 6 nitrogen and oxygen atoms in total. The minimum absolute atomic E-state index is 0.0848. The van der Waals surface area contributed by atoms with Crippen molar-refractivity contribution < 1.29 is 18.3 Å². The molecule has 0 amide bonds. The Morgan fingerprint density at radius 1 is 1.06 bits per heavy atom. The van der Waals surface area contributed by atoms with Crippen molar-refractivity contribution in [2.75, 3.05) is 18.4 Å². The van der Waals surface area contributed by atoms with Crippen LogP contribution in [-0.4, -0.2) is 45.1 Å². The molecule has 2 aromatic rings. The van der Waals surface area contributed by atoms with Crippen molar-refractivity contribution in [1.29, 1.82) is 0 Å². The van der Waals surface area contributed by atoms with Crippen molar-refractivity contribution in [3.05, 3.63) is 59.2 Å². The maximum atomic E-state index is 13.7. The van der Waals surface area contributed by atoms with Gasteiger partial charge in [-0.15, -0.1) is 0 Å². The molecule has 1 atom stereocenters. The number of nitrogens with one attached hydrogen (secondary N) is 1. The van der Waals surface area contributed by atoms with Gasteiger partial charge in [0, 0.05) is 42.9 Å². The molecule has 0 fully saturated rings. The number of aliphatic hydroxyl groups is 1. The summed E-state index contributed by atoms with van der Waals surface area (Å²) in [7, 11) is 0. The second-order valence-electron chi connectivity index (χ2n) is 9.96. The van der Waals surface area contributed by atoms with Gasteiger partial charge in [-0.1, -0.05) is 32.1 Å². The Labute approximate surface area is 204 Å². The highest BCUT2D eigenvalue weighted by atomic mass is 19.4. The normalized spacial score (nSPS) is 18.8. The molecule has 0 aliphatic carbocycles. The Hall–Kier alpha value is -2.94. The number of amidine groups is 1.